The number of hydrogen-bond donors (Lipinski definition) is 0. The van der Waals surface area contributed by atoms with Crippen LogP contribution in [-0.4, -0.2) is 0 Å². The van der Waals surface area contributed by atoms with E-state index >= 15 is 0 Å². The van der Waals surface area contributed by atoms with Crippen LogP contribution in [0.15, 0.2) is 0 Å². The van der Waals surface area contributed by atoms with Gasteiger partial charge in [-0.1, -0.05) is 192 Å². The summed E-state index contributed by atoms with van der Waals surface area (Å²) < 4.78 is 0. The summed E-state index contributed by atoms with van der Waals surface area (Å²) in [5.41, 5.74) is 0. The summed E-state index contributed by atoms with van der Waals surface area (Å²) in [7, 11) is 0. The second-order valence-corrected chi connectivity index (χ2v) is 5.34. The minimum absolute atomic E-state index is 0. The standard InChI is InChI=1S/C5H12.5C3H8.3C2H6.3CH4/c1-4-5(2)3;5*1-3-2;3*1-2;;;/h5H,4H2,1-3H3;5*3H2,1-2H3;3*1-2H3;3*1H4. The highest BCUT2D eigenvalue weighted by Crippen LogP contribution is 1.93. The van der Waals surface area contributed by atoms with Gasteiger partial charge < -0.3 is 0 Å². The number of rotatable bonds is 1. The molecule has 0 saturated heterocycles. The minimum atomic E-state index is 0. The van der Waals surface area contributed by atoms with E-state index in [4.69, 9.17) is 0 Å². The molecule has 0 aromatic heterocycles. The molecule has 0 heteroatoms. The van der Waals surface area contributed by atoms with Crippen LogP contribution in [0, 0.1) is 5.92 Å². The first kappa shape index (κ1) is 78.7. The molecule has 0 atom stereocenters. The predicted octanol–water partition coefficient (Wildman–Crippen LogP) is 14.1. The van der Waals surface area contributed by atoms with Gasteiger partial charge in [-0.25, -0.2) is 0 Å². The predicted molar refractivity (Wildman–Crippen MR) is 159 cm³/mol. The molecule has 0 aromatic carbocycles. The lowest BCUT2D eigenvalue weighted by molar-refractivity contribution is 0.626. The van der Waals surface area contributed by atoms with E-state index in [2.05, 4.69) is 90.0 Å². The van der Waals surface area contributed by atoms with Crippen molar-refractivity contribution in [2.45, 2.75) is 192 Å². The zero-order valence-corrected chi connectivity index (χ0v) is 23.8. The Labute approximate surface area is 198 Å². The highest BCUT2D eigenvalue weighted by Gasteiger charge is 1.80. The van der Waals surface area contributed by atoms with E-state index in [0.29, 0.717) is 0 Å². The topological polar surface area (TPSA) is 0 Å². The van der Waals surface area contributed by atoms with Gasteiger partial charge in [0.25, 0.3) is 0 Å². The molecular weight excluding hydrogens is 348 g/mol. The molecule has 0 rings (SSSR count). The van der Waals surface area contributed by atoms with Gasteiger partial charge in [0.1, 0.15) is 0 Å². The van der Waals surface area contributed by atoms with E-state index in [0.717, 1.165) is 5.92 Å². The largest absolute Gasteiger partial charge is 0.0776 e. The monoisotopic (exact) mass is 431 g/mol. The lowest BCUT2D eigenvalue weighted by Crippen LogP contribution is -1.77. The molecule has 0 aliphatic heterocycles. The summed E-state index contributed by atoms with van der Waals surface area (Å²) in [5.74, 6) is 0.884. The number of hydrogen-bond acceptors (Lipinski definition) is 0. The average molecular weight is 431 g/mol. The second-order valence-electron chi connectivity index (χ2n) is 5.34. The van der Waals surface area contributed by atoms with Gasteiger partial charge in [0.2, 0.25) is 0 Å². The van der Waals surface area contributed by atoms with Crippen LogP contribution in [0.2, 0.25) is 0 Å². The first-order valence-electron chi connectivity index (χ1n) is 12.3. The summed E-state index contributed by atoms with van der Waals surface area (Å²) in [5, 5.41) is 0. The second kappa shape index (κ2) is 252. The smallest absolute Gasteiger partial charge is 0.0474 e. The molecule has 0 bridgehead atoms. The van der Waals surface area contributed by atoms with Crippen molar-refractivity contribution in [3.05, 3.63) is 0 Å². The summed E-state index contributed by atoms with van der Waals surface area (Å²) >= 11 is 0. The third-order valence-electron chi connectivity index (χ3n) is 0.816. The van der Waals surface area contributed by atoms with Crippen molar-refractivity contribution in [2.24, 2.45) is 5.92 Å². The van der Waals surface area contributed by atoms with Crippen molar-refractivity contribution in [3.8, 4) is 0 Å². The maximum atomic E-state index is 2.22. The molecule has 0 spiro atoms. The molecule has 0 saturated carbocycles. The molecule has 0 N–H and O–H groups in total. The molecule has 0 aliphatic carbocycles. The van der Waals surface area contributed by atoms with Crippen LogP contribution in [0.3, 0.4) is 0 Å². The van der Waals surface area contributed by atoms with E-state index in [1.165, 1.54) is 38.5 Å². The van der Waals surface area contributed by atoms with E-state index in [1.54, 1.807) is 0 Å². The van der Waals surface area contributed by atoms with Gasteiger partial charge in [-0.15, -0.1) is 0 Å². The van der Waals surface area contributed by atoms with Gasteiger partial charge in [0.05, 0.1) is 0 Å². The van der Waals surface area contributed by atoms with Crippen molar-refractivity contribution in [2.75, 3.05) is 0 Å². The van der Waals surface area contributed by atoms with Crippen molar-refractivity contribution < 1.29 is 0 Å². The zero-order chi connectivity index (χ0) is 23.8. The first-order valence-corrected chi connectivity index (χ1v) is 12.3. The molecule has 29 heavy (non-hydrogen) atoms. The van der Waals surface area contributed by atoms with Gasteiger partial charge in [-0.2, -0.15) is 0 Å². The Morgan fingerprint density at radius 2 is 0.379 bits per heavy atom. The van der Waals surface area contributed by atoms with E-state index < -0.39 is 0 Å². The van der Waals surface area contributed by atoms with Gasteiger partial charge >= 0.3 is 0 Å². The molecule has 0 unspecified atom stereocenters. The van der Waals surface area contributed by atoms with Gasteiger partial charge in [0.15, 0.2) is 0 Å². The third kappa shape index (κ3) is 4730. The molecule has 0 radical (unpaired) electrons. The van der Waals surface area contributed by atoms with Crippen molar-refractivity contribution >= 4 is 0 Å². The molecule has 0 amide bonds. The molecule has 0 nitrogen and oxygen atoms in total. The highest BCUT2D eigenvalue weighted by molar-refractivity contribution is 4.32. The van der Waals surface area contributed by atoms with Crippen molar-refractivity contribution in [3.63, 3.8) is 0 Å². The van der Waals surface area contributed by atoms with Crippen molar-refractivity contribution in [1.82, 2.24) is 0 Å². The Morgan fingerprint density at radius 3 is 0.379 bits per heavy atom. The quantitative estimate of drug-likeness (QED) is 0.388. The van der Waals surface area contributed by atoms with E-state index in [-0.39, 0.29) is 22.3 Å². The molecule has 0 heterocycles. The van der Waals surface area contributed by atoms with Crippen molar-refractivity contribution in [1.29, 1.82) is 0 Å². The Bertz CT molecular complexity index is 43.4. The summed E-state index contributed by atoms with van der Waals surface area (Å²) in [6.45, 7) is 39.9. The lowest BCUT2D eigenvalue weighted by Gasteiger charge is -1.90. The fraction of sp³-hybridized carbons (Fsp3) is 1.00. The Hall–Kier alpha value is 0. The molecule has 0 aliphatic rings. The third-order valence-corrected chi connectivity index (χ3v) is 0.816. The molecule has 198 valence electrons. The van der Waals surface area contributed by atoms with Crippen LogP contribution in [0.1, 0.15) is 192 Å². The SMILES string of the molecule is C.C.C.CC.CC.CC.CCC.CCC.CCC.CCC.CCC.CCC(C)C. The van der Waals surface area contributed by atoms with Gasteiger partial charge in [-0.05, 0) is 5.92 Å². The lowest BCUT2D eigenvalue weighted by atomic mass is 10.2. The maximum absolute atomic E-state index is 2.22. The Kier molecular flexibility index (Phi) is 684. The fourth-order valence-corrected chi connectivity index (χ4v) is 0. The average Bonchev–Trinajstić information content (AvgIpc) is 2.63. The normalized spacial score (nSPS) is 5.38. The van der Waals surface area contributed by atoms with Crippen LogP contribution in [0.5, 0.6) is 0 Å². The summed E-state index contributed by atoms with van der Waals surface area (Å²) in [6.07, 6.45) is 7.56. The molecule has 0 aromatic rings. The zero-order valence-electron chi connectivity index (χ0n) is 23.8. The van der Waals surface area contributed by atoms with Gasteiger partial charge in [0, 0.05) is 0 Å². The first-order chi connectivity index (χ1) is 12.3. The highest BCUT2D eigenvalue weighted by atomic mass is 13.9. The van der Waals surface area contributed by atoms with Crippen LogP contribution in [-0.2, 0) is 0 Å². The summed E-state index contributed by atoms with van der Waals surface area (Å²) in [4.78, 5) is 0. The Morgan fingerprint density at radius 1 is 0.345 bits per heavy atom. The van der Waals surface area contributed by atoms with Crippen LogP contribution < -0.4 is 0 Å². The van der Waals surface area contributed by atoms with Crippen LogP contribution in [0.25, 0.3) is 0 Å². The fourth-order valence-electron chi connectivity index (χ4n) is 0. The molecular formula is C29H82. The van der Waals surface area contributed by atoms with Gasteiger partial charge in [-0.3, -0.25) is 0 Å². The van der Waals surface area contributed by atoms with E-state index in [1.807, 2.05) is 41.5 Å². The Balaban J connectivity index is -0.0000000113. The van der Waals surface area contributed by atoms with Crippen LogP contribution >= 0.6 is 0 Å². The van der Waals surface area contributed by atoms with E-state index in [9.17, 15) is 0 Å². The maximum Gasteiger partial charge on any atom is -0.0474 e. The molecule has 0 fully saturated rings. The minimum Gasteiger partial charge on any atom is -0.0776 e. The van der Waals surface area contributed by atoms with Crippen LogP contribution in [0.4, 0.5) is 0 Å². The summed E-state index contributed by atoms with van der Waals surface area (Å²) in [6, 6.07) is 0.